The smallest absolute Gasteiger partial charge is 0.306 e. The zero-order chi connectivity index (χ0) is 55.0. The van der Waals surface area contributed by atoms with Crippen LogP contribution < -0.4 is 0 Å². The van der Waals surface area contributed by atoms with E-state index in [1.54, 1.807) is 0 Å². The Morgan fingerprint density at radius 2 is 0.474 bits per heavy atom. The van der Waals surface area contributed by atoms with Crippen LogP contribution in [0.1, 0.15) is 387 Å². The number of allylic oxidation sites excluding steroid dienone is 4. The van der Waals surface area contributed by atoms with Gasteiger partial charge in [0.1, 0.15) is 13.2 Å². The number of esters is 3. The van der Waals surface area contributed by atoms with Crippen LogP contribution in [0.2, 0.25) is 0 Å². The molecule has 0 aliphatic rings. The van der Waals surface area contributed by atoms with E-state index in [0.29, 0.717) is 19.3 Å². The van der Waals surface area contributed by atoms with Crippen molar-refractivity contribution < 1.29 is 28.6 Å². The molecule has 0 aromatic heterocycles. The highest BCUT2D eigenvalue weighted by atomic mass is 16.6. The van der Waals surface area contributed by atoms with Crippen LogP contribution in [0.25, 0.3) is 0 Å². The largest absolute Gasteiger partial charge is 0.462 e. The zero-order valence-corrected chi connectivity index (χ0v) is 51.6. The molecule has 0 fully saturated rings. The second kappa shape index (κ2) is 65.4. The van der Waals surface area contributed by atoms with Crippen molar-refractivity contribution in [2.24, 2.45) is 0 Å². The highest BCUT2D eigenvalue weighted by Gasteiger charge is 2.19. The molecule has 6 nitrogen and oxygen atoms in total. The minimum Gasteiger partial charge on any atom is -0.462 e. The molecule has 0 bridgehead atoms. The molecule has 448 valence electrons. The maximum absolute atomic E-state index is 12.9. The Morgan fingerprint density at radius 1 is 0.263 bits per heavy atom. The molecular formula is C70H132O6. The molecule has 0 aliphatic heterocycles. The molecule has 0 radical (unpaired) electrons. The van der Waals surface area contributed by atoms with Crippen LogP contribution in [0.5, 0.6) is 0 Å². The maximum atomic E-state index is 12.9. The normalized spacial score (nSPS) is 12.1. The Hall–Kier alpha value is -2.11. The Morgan fingerprint density at radius 3 is 0.724 bits per heavy atom. The molecule has 1 atom stereocenters. The fourth-order valence-electron chi connectivity index (χ4n) is 10.5. The van der Waals surface area contributed by atoms with Crippen molar-refractivity contribution in [3.8, 4) is 0 Å². The van der Waals surface area contributed by atoms with Gasteiger partial charge in [-0.3, -0.25) is 14.4 Å². The van der Waals surface area contributed by atoms with E-state index in [4.69, 9.17) is 14.2 Å². The van der Waals surface area contributed by atoms with E-state index >= 15 is 0 Å². The lowest BCUT2D eigenvalue weighted by atomic mass is 10.0. The van der Waals surface area contributed by atoms with Gasteiger partial charge in [0.25, 0.3) is 0 Å². The van der Waals surface area contributed by atoms with Crippen LogP contribution in [0, 0.1) is 0 Å². The SMILES string of the molecule is CCCCCCC/C=C\C/C=C\CCCCCCCCCCCCCCCC(=O)OCC(COC(=O)CCCCCCCCCCCCCC)OC(=O)CCCCCCCCCCCCCCCCCCCCCCC. The predicted molar refractivity (Wildman–Crippen MR) is 330 cm³/mol. The summed E-state index contributed by atoms with van der Waals surface area (Å²) in [7, 11) is 0. The molecular weight excluding hydrogens is 937 g/mol. The minimum atomic E-state index is -0.767. The first-order valence-corrected chi connectivity index (χ1v) is 34.3. The first-order chi connectivity index (χ1) is 37.5. The van der Waals surface area contributed by atoms with Crippen LogP contribution in [-0.4, -0.2) is 37.2 Å². The molecule has 0 amide bonds. The fourth-order valence-corrected chi connectivity index (χ4v) is 10.5. The lowest BCUT2D eigenvalue weighted by Crippen LogP contribution is -2.30. The van der Waals surface area contributed by atoms with Crippen molar-refractivity contribution in [3.05, 3.63) is 24.3 Å². The molecule has 0 aromatic rings. The van der Waals surface area contributed by atoms with Crippen LogP contribution >= 0.6 is 0 Å². The number of hydrogen-bond donors (Lipinski definition) is 0. The van der Waals surface area contributed by atoms with Gasteiger partial charge in [-0.25, -0.2) is 0 Å². The summed E-state index contributed by atoms with van der Waals surface area (Å²) in [5.41, 5.74) is 0. The molecule has 0 aromatic carbocycles. The highest BCUT2D eigenvalue weighted by Crippen LogP contribution is 2.18. The number of ether oxygens (including phenoxy) is 3. The van der Waals surface area contributed by atoms with Crippen molar-refractivity contribution in [1.29, 1.82) is 0 Å². The van der Waals surface area contributed by atoms with E-state index in [1.807, 2.05) is 0 Å². The first kappa shape index (κ1) is 73.9. The number of unbranched alkanes of at least 4 members (excludes halogenated alkanes) is 49. The Balaban J connectivity index is 4.21. The summed E-state index contributed by atoms with van der Waals surface area (Å²) in [6, 6.07) is 0. The summed E-state index contributed by atoms with van der Waals surface area (Å²) in [5.74, 6) is -0.834. The molecule has 0 saturated carbocycles. The minimum absolute atomic E-state index is 0.0644. The highest BCUT2D eigenvalue weighted by molar-refractivity contribution is 5.71. The summed E-state index contributed by atoms with van der Waals surface area (Å²) in [6.45, 7) is 6.70. The van der Waals surface area contributed by atoms with Crippen molar-refractivity contribution in [1.82, 2.24) is 0 Å². The monoisotopic (exact) mass is 1070 g/mol. The van der Waals surface area contributed by atoms with Gasteiger partial charge < -0.3 is 14.2 Å². The van der Waals surface area contributed by atoms with E-state index in [-0.39, 0.29) is 31.1 Å². The third-order valence-electron chi connectivity index (χ3n) is 15.7. The third kappa shape index (κ3) is 62.7. The third-order valence-corrected chi connectivity index (χ3v) is 15.7. The number of rotatable bonds is 64. The van der Waals surface area contributed by atoms with Crippen LogP contribution in [0.15, 0.2) is 24.3 Å². The van der Waals surface area contributed by atoms with Gasteiger partial charge in [0.05, 0.1) is 0 Å². The Bertz CT molecular complexity index is 1230. The average molecular weight is 1070 g/mol. The number of carbonyl (C=O) groups excluding carboxylic acids is 3. The number of carbonyl (C=O) groups is 3. The van der Waals surface area contributed by atoms with Crippen LogP contribution in [-0.2, 0) is 28.6 Å². The van der Waals surface area contributed by atoms with E-state index in [9.17, 15) is 14.4 Å². The predicted octanol–water partition coefficient (Wildman–Crippen LogP) is 23.4. The van der Waals surface area contributed by atoms with Gasteiger partial charge >= 0.3 is 17.9 Å². The Kier molecular flexibility index (Phi) is 63.6. The van der Waals surface area contributed by atoms with E-state index < -0.39 is 6.10 Å². The van der Waals surface area contributed by atoms with E-state index in [0.717, 1.165) is 64.2 Å². The van der Waals surface area contributed by atoms with Gasteiger partial charge in [0, 0.05) is 19.3 Å². The van der Waals surface area contributed by atoms with Crippen molar-refractivity contribution in [2.45, 2.75) is 393 Å². The molecule has 1 unspecified atom stereocenters. The number of hydrogen-bond acceptors (Lipinski definition) is 6. The van der Waals surface area contributed by atoms with Gasteiger partial charge in [0.2, 0.25) is 0 Å². The van der Waals surface area contributed by atoms with E-state index in [1.165, 1.54) is 283 Å². The lowest BCUT2D eigenvalue weighted by molar-refractivity contribution is -0.167. The summed E-state index contributed by atoms with van der Waals surface area (Å²) in [6.07, 6.45) is 79.1. The molecule has 6 heteroatoms. The van der Waals surface area contributed by atoms with Crippen LogP contribution in [0.3, 0.4) is 0 Å². The summed E-state index contributed by atoms with van der Waals surface area (Å²) in [4.78, 5) is 38.3. The van der Waals surface area contributed by atoms with Gasteiger partial charge in [-0.05, 0) is 51.4 Å². The van der Waals surface area contributed by atoms with Crippen LogP contribution in [0.4, 0.5) is 0 Å². The van der Waals surface area contributed by atoms with Gasteiger partial charge in [-0.2, -0.15) is 0 Å². The van der Waals surface area contributed by atoms with Crippen molar-refractivity contribution in [3.63, 3.8) is 0 Å². The fraction of sp³-hybridized carbons (Fsp3) is 0.900. The Labute approximate surface area is 474 Å². The second-order valence-electron chi connectivity index (χ2n) is 23.5. The lowest BCUT2D eigenvalue weighted by Gasteiger charge is -2.18. The maximum Gasteiger partial charge on any atom is 0.306 e. The molecule has 0 rings (SSSR count). The summed E-state index contributed by atoms with van der Waals surface area (Å²) < 4.78 is 17.0. The molecule has 0 heterocycles. The van der Waals surface area contributed by atoms with Gasteiger partial charge in [-0.15, -0.1) is 0 Å². The molecule has 76 heavy (non-hydrogen) atoms. The molecule has 0 aliphatic carbocycles. The van der Waals surface area contributed by atoms with Gasteiger partial charge in [-0.1, -0.05) is 340 Å². The van der Waals surface area contributed by atoms with Gasteiger partial charge in [0.15, 0.2) is 6.10 Å². The molecule has 0 spiro atoms. The zero-order valence-electron chi connectivity index (χ0n) is 51.6. The van der Waals surface area contributed by atoms with Crippen molar-refractivity contribution >= 4 is 17.9 Å². The summed E-state index contributed by atoms with van der Waals surface area (Å²) in [5, 5.41) is 0. The second-order valence-corrected chi connectivity index (χ2v) is 23.5. The topological polar surface area (TPSA) is 78.9 Å². The average Bonchev–Trinajstić information content (AvgIpc) is 3.42. The quantitative estimate of drug-likeness (QED) is 0.0261. The van der Waals surface area contributed by atoms with E-state index in [2.05, 4.69) is 45.1 Å². The first-order valence-electron chi connectivity index (χ1n) is 34.3. The standard InChI is InChI=1S/C70H132O6/c1-4-7-10-13-16-19-22-25-27-29-31-33-34-35-36-38-39-41-43-45-48-51-54-57-60-63-69(72)75-66-67(65-74-68(71)62-59-56-53-50-47-24-21-18-15-12-9-6-3)76-70(73)64-61-58-55-52-49-46-44-42-40-37-32-30-28-26-23-20-17-14-11-8-5-2/h22,25,29,31,67H,4-21,23-24,26-28,30,32-66H2,1-3H3/b25-22-,31-29-. The molecule has 0 saturated heterocycles. The summed E-state index contributed by atoms with van der Waals surface area (Å²) >= 11 is 0. The van der Waals surface area contributed by atoms with Crippen molar-refractivity contribution in [2.75, 3.05) is 13.2 Å². The molecule has 0 N–H and O–H groups in total.